The van der Waals surface area contributed by atoms with Gasteiger partial charge in [0.15, 0.2) is 0 Å². The second kappa shape index (κ2) is 9.45. The van der Waals surface area contributed by atoms with Gasteiger partial charge in [0.2, 0.25) is 0 Å². The van der Waals surface area contributed by atoms with Crippen LogP contribution in [-0.4, -0.2) is 26.3 Å². The normalized spacial score (nSPS) is 11.0. The van der Waals surface area contributed by atoms with Crippen molar-refractivity contribution in [3.05, 3.63) is 65.2 Å². The van der Waals surface area contributed by atoms with Crippen LogP contribution in [0.3, 0.4) is 0 Å². The molecule has 0 saturated heterocycles. The average Bonchev–Trinajstić information content (AvgIpc) is 2.58. The van der Waals surface area contributed by atoms with E-state index >= 15 is 0 Å². The van der Waals surface area contributed by atoms with Gasteiger partial charge in [-0.05, 0) is 49.6 Å². The topological polar surface area (TPSA) is 24.5 Å². The van der Waals surface area contributed by atoms with Gasteiger partial charge in [0.1, 0.15) is 0 Å². The molecule has 0 radical (unpaired) electrons. The second-order valence-corrected chi connectivity index (χ2v) is 6.49. The van der Waals surface area contributed by atoms with Crippen molar-refractivity contribution in [2.24, 2.45) is 0 Å². The highest BCUT2D eigenvalue weighted by Crippen LogP contribution is 2.23. The van der Waals surface area contributed by atoms with Crippen LogP contribution in [0.15, 0.2) is 48.5 Å². The van der Waals surface area contributed by atoms with E-state index < -0.39 is 0 Å². The van der Waals surface area contributed by atoms with Gasteiger partial charge in [-0.1, -0.05) is 36.4 Å². The molecule has 3 heteroatoms. The SMILES string of the molecule is COCCNCc1ccc(N(Cc2ccccc2)C(C)C)cc1C. The Morgan fingerprint density at radius 2 is 1.83 bits per heavy atom. The number of anilines is 1. The molecular formula is C21H30N2O. The third kappa shape index (κ3) is 5.36. The molecule has 0 fully saturated rings. The number of rotatable bonds is 9. The Morgan fingerprint density at radius 3 is 2.46 bits per heavy atom. The minimum absolute atomic E-state index is 0.454. The smallest absolute Gasteiger partial charge is 0.0587 e. The largest absolute Gasteiger partial charge is 0.383 e. The van der Waals surface area contributed by atoms with Crippen molar-refractivity contribution in [3.8, 4) is 0 Å². The summed E-state index contributed by atoms with van der Waals surface area (Å²) >= 11 is 0. The van der Waals surface area contributed by atoms with Gasteiger partial charge in [-0.25, -0.2) is 0 Å². The van der Waals surface area contributed by atoms with Crippen molar-refractivity contribution < 1.29 is 4.74 Å². The van der Waals surface area contributed by atoms with Gasteiger partial charge >= 0.3 is 0 Å². The van der Waals surface area contributed by atoms with Gasteiger partial charge in [-0.3, -0.25) is 0 Å². The molecule has 0 aromatic heterocycles. The number of hydrogen-bond donors (Lipinski definition) is 1. The lowest BCUT2D eigenvalue weighted by molar-refractivity contribution is 0.199. The summed E-state index contributed by atoms with van der Waals surface area (Å²) in [5.41, 5.74) is 5.30. The van der Waals surface area contributed by atoms with Crippen molar-refractivity contribution >= 4 is 5.69 Å². The quantitative estimate of drug-likeness (QED) is 0.701. The molecule has 0 spiro atoms. The molecule has 130 valence electrons. The Morgan fingerprint density at radius 1 is 1.08 bits per heavy atom. The first kappa shape index (κ1) is 18.5. The standard InChI is InChI=1S/C21H30N2O/c1-17(2)23(16-19-8-6-5-7-9-19)21-11-10-20(18(3)14-21)15-22-12-13-24-4/h5-11,14,17,22H,12-13,15-16H2,1-4H3. The van der Waals surface area contributed by atoms with Crippen molar-refractivity contribution in [1.82, 2.24) is 5.32 Å². The molecule has 0 saturated carbocycles. The van der Waals surface area contributed by atoms with E-state index in [0.717, 1.165) is 26.2 Å². The zero-order valence-corrected chi connectivity index (χ0v) is 15.4. The van der Waals surface area contributed by atoms with Crippen molar-refractivity contribution in [2.45, 2.75) is 39.9 Å². The average molecular weight is 326 g/mol. The van der Waals surface area contributed by atoms with Gasteiger partial charge in [0, 0.05) is 38.5 Å². The molecule has 0 bridgehead atoms. The number of methoxy groups -OCH3 is 1. The number of nitrogens with zero attached hydrogens (tertiary/aromatic N) is 1. The van der Waals surface area contributed by atoms with Crippen LogP contribution in [0, 0.1) is 6.92 Å². The molecule has 0 heterocycles. The first-order valence-corrected chi connectivity index (χ1v) is 8.71. The summed E-state index contributed by atoms with van der Waals surface area (Å²) in [6, 6.07) is 17.9. The summed E-state index contributed by atoms with van der Waals surface area (Å²) in [6.07, 6.45) is 0. The number of hydrogen-bond acceptors (Lipinski definition) is 3. The maximum Gasteiger partial charge on any atom is 0.0587 e. The van der Waals surface area contributed by atoms with Crippen LogP contribution < -0.4 is 10.2 Å². The highest BCUT2D eigenvalue weighted by atomic mass is 16.5. The molecule has 24 heavy (non-hydrogen) atoms. The molecule has 0 atom stereocenters. The van der Waals surface area contributed by atoms with Crippen molar-refractivity contribution in [2.75, 3.05) is 25.2 Å². The van der Waals surface area contributed by atoms with E-state index in [-0.39, 0.29) is 0 Å². The minimum atomic E-state index is 0.454. The fraction of sp³-hybridized carbons (Fsp3) is 0.429. The zero-order valence-electron chi connectivity index (χ0n) is 15.4. The molecule has 2 rings (SSSR count). The third-order valence-electron chi connectivity index (χ3n) is 4.28. The Bertz CT molecular complexity index is 610. The summed E-state index contributed by atoms with van der Waals surface area (Å²) in [7, 11) is 1.73. The Balaban J connectivity index is 2.09. The van der Waals surface area contributed by atoms with E-state index in [1.54, 1.807) is 7.11 Å². The number of aryl methyl sites for hydroxylation is 1. The van der Waals surface area contributed by atoms with Gasteiger partial charge in [0.25, 0.3) is 0 Å². The fourth-order valence-corrected chi connectivity index (χ4v) is 2.81. The summed E-state index contributed by atoms with van der Waals surface area (Å²) < 4.78 is 5.07. The molecule has 0 unspecified atom stereocenters. The zero-order chi connectivity index (χ0) is 17.4. The lowest BCUT2D eigenvalue weighted by Crippen LogP contribution is -2.30. The van der Waals surface area contributed by atoms with E-state index in [4.69, 9.17) is 4.74 Å². The Kier molecular flexibility index (Phi) is 7.29. The van der Waals surface area contributed by atoms with Crippen LogP contribution in [0.1, 0.15) is 30.5 Å². The molecule has 1 N–H and O–H groups in total. The highest BCUT2D eigenvalue weighted by Gasteiger charge is 2.12. The van der Waals surface area contributed by atoms with Gasteiger partial charge < -0.3 is 15.0 Å². The maximum absolute atomic E-state index is 5.07. The predicted molar refractivity (Wildman–Crippen MR) is 103 cm³/mol. The van der Waals surface area contributed by atoms with Crippen LogP contribution in [0.25, 0.3) is 0 Å². The molecule has 3 nitrogen and oxygen atoms in total. The van der Waals surface area contributed by atoms with Gasteiger partial charge in [0.05, 0.1) is 6.61 Å². The summed E-state index contributed by atoms with van der Waals surface area (Å²) in [5, 5.41) is 3.42. The Hall–Kier alpha value is -1.84. The van der Waals surface area contributed by atoms with E-state index in [0.29, 0.717) is 6.04 Å². The van der Waals surface area contributed by atoms with Crippen LogP contribution in [0.4, 0.5) is 5.69 Å². The molecule has 0 aliphatic rings. The number of ether oxygens (including phenoxy) is 1. The lowest BCUT2D eigenvalue weighted by Gasteiger charge is -2.30. The van der Waals surface area contributed by atoms with E-state index in [1.807, 2.05) is 0 Å². The van der Waals surface area contributed by atoms with Crippen LogP contribution in [0.2, 0.25) is 0 Å². The fourth-order valence-electron chi connectivity index (χ4n) is 2.81. The van der Waals surface area contributed by atoms with Gasteiger partial charge in [-0.2, -0.15) is 0 Å². The maximum atomic E-state index is 5.07. The molecular weight excluding hydrogens is 296 g/mol. The minimum Gasteiger partial charge on any atom is -0.383 e. The first-order chi connectivity index (χ1) is 11.6. The van der Waals surface area contributed by atoms with Gasteiger partial charge in [-0.15, -0.1) is 0 Å². The molecule has 0 aliphatic carbocycles. The number of benzene rings is 2. The second-order valence-electron chi connectivity index (χ2n) is 6.49. The molecule has 2 aromatic carbocycles. The van der Waals surface area contributed by atoms with Crippen LogP contribution in [0.5, 0.6) is 0 Å². The summed E-state index contributed by atoms with van der Waals surface area (Å²) in [6.45, 7) is 10.1. The van der Waals surface area contributed by atoms with Crippen molar-refractivity contribution in [3.63, 3.8) is 0 Å². The summed E-state index contributed by atoms with van der Waals surface area (Å²) in [5.74, 6) is 0. The van der Waals surface area contributed by atoms with E-state index in [2.05, 4.69) is 79.5 Å². The molecule has 0 amide bonds. The molecule has 2 aromatic rings. The van der Waals surface area contributed by atoms with Crippen molar-refractivity contribution in [1.29, 1.82) is 0 Å². The van der Waals surface area contributed by atoms with Crippen LogP contribution >= 0.6 is 0 Å². The predicted octanol–water partition coefficient (Wildman–Crippen LogP) is 4.15. The van der Waals surface area contributed by atoms with E-state index in [9.17, 15) is 0 Å². The Labute approximate surface area is 146 Å². The lowest BCUT2D eigenvalue weighted by atomic mass is 10.1. The molecule has 0 aliphatic heterocycles. The summed E-state index contributed by atoms with van der Waals surface area (Å²) in [4.78, 5) is 2.45. The highest BCUT2D eigenvalue weighted by molar-refractivity contribution is 5.52. The van der Waals surface area contributed by atoms with E-state index in [1.165, 1.54) is 22.4 Å². The number of nitrogens with one attached hydrogen (secondary N) is 1. The monoisotopic (exact) mass is 326 g/mol. The van der Waals surface area contributed by atoms with Crippen LogP contribution in [-0.2, 0) is 17.8 Å². The third-order valence-corrected chi connectivity index (χ3v) is 4.28. The first-order valence-electron chi connectivity index (χ1n) is 8.71.